The van der Waals surface area contributed by atoms with Gasteiger partial charge in [0, 0.05) is 12.2 Å². The number of aliphatic hydroxyl groups is 1. The van der Waals surface area contributed by atoms with Gasteiger partial charge in [-0.2, -0.15) is 0 Å². The number of hydrogen-bond donors (Lipinski definition) is 3. The first-order valence-electron chi connectivity index (χ1n) is 4.76. The van der Waals surface area contributed by atoms with Gasteiger partial charge in [0.25, 0.3) is 0 Å². The average Bonchev–Trinajstić information content (AvgIpc) is 2.15. The Bertz CT molecular complexity index is 361. The minimum absolute atomic E-state index is 0.232. The van der Waals surface area contributed by atoms with Crippen LogP contribution >= 0.6 is 0 Å². The van der Waals surface area contributed by atoms with Crippen LogP contribution in [0.1, 0.15) is 22.8 Å². The summed E-state index contributed by atoms with van der Waals surface area (Å²) in [5.74, 6) is -0.966. The lowest BCUT2D eigenvalue weighted by Gasteiger charge is -2.11. The van der Waals surface area contributed by atoms with E-state index in [0.29, 0.717) is 12.2 Å². The third-order valence-electron chi connectivity index (χ3n) is 1.99. The largest absolute Gasteiger partial charge is 0.478 e. The Morgan fingerprint density at radius 2 is 2.20 bits per heavy atom. The summed E-state index contributed by atoms with van der Waals surface area (Å²) in [5, 5.41) is 20.9. The molecule has 3 N–H and O–H groups in total. The van der Waals surface area contributed by atoms with Crippen molar-refractivity contribution in [3.63, 3.8) is 0 Å². The Morgan fingerprint density at radius 3 is 2.73 bits per heavy atom. The van der Waals surface area contributed by atoms with Gasteiger partial charge in [0.2, 0.25) is 0 Å². The summed E-state index contributed by atoms with van der Waals surface area (Å²) < 4.78 is 0. The number of nitrogens with one attached hydrogen (secondary N) is 1. The molecule has 0 saturated heterocycles. The van der Waals surface area contributed by atoms with Gasteiger partial charge in [-0.15, -0.1) is 0 Å². The van der Waals surface area contributed by atoms with Gasteiger partial charge >= 0.3 is 5.97 Å². The lowest BCUT2D eigenvalue weighted by molar-refractivity contribution is 0.0697. The fraction of sp³-hybridized carbons (Fsp3) is 0.364. The molecule has 15 heavy (non-hydrogen) atoms. The molecule has 1 aromatic carbocycles. The zero-order valence-corrected chi connectivity index (χ0v) is 8.82. The van der Waals surface area contributed by atoms with E-state index >= 15 is 0 Å². The van der Waals surface area contributed by atoms with Gasteiger partial charge < -0.3 is 15.5 Å². The van der Waals surface area contributed by atoms with E-state index in [-0.39, 0.29) is 5.56 Å². The minimum Gasteiger partial charge on any atom is -0.478 e. The third-order valence-corrected chi connectivity index (χ3v) is 1.99. The van der Waals surface area contributed by atoms with Crippen LogP contribution in [-0.4, -0.2) is 28.8 Å². The van der Waals surface area contributed by atoms with E-state index in [1.165, 1.54) is 0 Å². The lowest BCUT2D eigenvalue weighted by Crippen LogP contribution is -2.17. The van der Waals surface area contributed by atoms with Crippen LogP contribution in [0.15, 0.2) is 18.2 Å². The highest BCUT2D eigenvalue weighted by Gasteiger charge is 2.10. The molecule has 0 aromatic heterocycles. The Kier molecular flexibility index (Phi) is 3.68. The zero-order valence-electron chi connectivity index (χ0n) is 8.82. The Balaban J connectivity index is 2.91. The Labute approximate surface area is 88.6 Å². The van der Waals surface area contributed by atoms with Gasteiger partial charge in [-0.05, 0) is 26.0 Å². The molecule has 0 heterocycles. The van der Waals surface area contributed by atoms with Crippen molar-refractivity contribution < 1.29 is 15.0 Å². The first-order valence-corrected chi connectivity index (χ1v) is 4.76. The van der Waals surface area contributed by atoms with E-state index in [1.54, 1.807) is 19.1 Å². The molecular formula is C11H15NO3. The van der Waals surface area contributed by atoms with Crippen LogP contribution in [0, 0.1) is 6.92 Å². The summed E-state index contributed by atoms with van der Waals surface area (Å²) in [6.07, 6.45) is -0.507. The lowest BCUT2D eigenvalue weighted by atomic mass is 10.1. The smallest absolute Gasteiger partial charge is 0.337 e. The van der Waals surface area contributed by atoms with Crippen LogP contribution in [0.2, 0.25) is 0 Å². The number of aliphatic hydroxyl groups excluding tert-OH is 1. The fourth-order valence-electron chi connectivity index (χ4n) is 1.25. The van der Waals surface area contributed by atoms with Crippen molar-refractivity contribution in [1.29, 1.82) is 0 Å². The van der Waals surface area contributed by atoms with Crippen molar-refractivity contribution in [3.8, 4) is 0 Å². The molecule has 0 aliphatic rings. The summed E-state index contributed by atoms with van der Waals surface area (Å²) in [7, 11) is 0. The number of aromatic carboxylic acids is 1. The molecule has 1 aromatic rings. The highest BCUT2D eigenvalue weighted by Crippen LogP contribution is 2.17. The van der Waals surface area contributed by atoms with E-state index in [2.05, 4.69) is 5.32 Å². The number of hydrogen-bond acceptors (Lipinski definition) is 3. The molecule has 1 rings (SSSR count). The van der Waals surface area contributed by atoms with Crippen LogP contribution in [0.25, 0.3) is 0 Å². The summed E-state index contributed by atoms with van der Waals surface area (Å²) in [6, 6.07) is 5.14. The van der Waals surface area contributed by atoms with E-state index < -0.39 is 12.1 Å². The van der Waals surface area contributed by atoms with Gasteiger partial charge in [-0.25, -0.2) is 4.79 Å². The summed E-state index contributed by atoms with van der Waals surface area (Å²) in [4.78, 5) is 10.9. The molecule has 4 heteroatoms. The van der Waals surface area contributed by atoms with Crippen molar-refractivity contribution >= 4 is 11.7 Å². The SMILES string of the molecule is Cc1ccc(NCC(C)O)c(C(=O)O)c1. The maximum absolute atomic E-state index is 10.9. The Hall–Kier alpha value is -1.55. The van der Waals surface area contributed by atoms with Gasteiger partial charge in [0.1, 0.15) is 0 Å². The van der Waals surface area contributed by atoms with Crippen LogP contribution in [0.3, 0.4) is 0 Å². The monoisotopic (exact) mass is 209 g/mol. The van der Waals surface area contributed by atoms with Crippen LogP contribution in [-0.2, 0) is 0 Å². The standard InChI is InChI=1S/C11H15NO3/c1-7-3-4-10(12-6-8(2)13)9(5-7)11(14)15/h3-5,8,12-13H,6H2,1-2H3,(H,14,15). The van der Waals surface area contributed by atoms with E-state index in [4.69, 9.17) is 10.2 Å². The molecule has 0 saturated carbocycles. The van der Waals surface area contributed by atoms with Crippen molar-refractivity contribution in [1.82, 2.24) is 0 Å². The normalized spacial score (nSPS) is 12.2. The number of carboxylic acids is 1. The van der Waals surface area contributed by atoms with Crippen molar-refractivity contribution in [2.75, 3.05) is 11.9 Å². The predicted octanol–water partition coefficient (Wildman–Crippen LogP) is 1.49. The number of carbonyl (C=O) groups is 1. The third kappa shape index (κ3) is 3.25. The quantitative estimate of drug-likeness (QED) is 0.702. The molecule has 0 radical (unpaired) electrons. The molecule has 0 spiro atoms. The highest BCUT2D eigenvalue weighted by molar-refractivity contribution is 5.94. The molecule has 82 valence electrons. The van der Waals surface area contributed by atoms with Crippen molar-refractivity contribution in [2.24, 2.45) is 0 Å². The number of carboxylic acid groups (broad SMARTS) is 1. The molecule has 1 atom stereocenters. The van der Waals surface area contributed by atoms with Crippen LogP contribution in [0.4, 0.5) is 5.69 Å². The molecule has 4 nitrogen and oxygen atoms in total. The molecule has 0 aliphatic heterocycles. The van der Waals surface area contributed by atoms with Crippen LogP contribution < -0.4 is 5.32 Å². The maximum Gasteiger partial charge on any atom is 0.337 e. The van der Waals surface area contributed by atoms with Gasteiger partial charge in [0.15, 0.2) is 0 Å². The second-order valence-electron chi connectivity index (χ2n) is 3.58. The number of aryl methyl sites for hydroxylation is 1. The molecule has 0 bridgehead atoms. The maximum atomic E-state index is 10.9. The predicted molar refractivity (Wildman–Crippen MR) is 58.3 cm³/mol. The van der Waals surface area contributed by atoms with E-state index in [1.807, 2.05) is 13.0 Å². The molecular weight excluding hydrogens is 194 g/mol. The average molecular weight is 209 g/mol. The van der Waals surface area contributed by atoms with Crippen molar-refractivity contribution in [3.05, 3.63) is 29.3 Å². The molecule has 0 aliphatic carbocycles. The molecule has 0 fully saturated rings. The zero-order chi connectivity index (χ0) is 11.4. The highest BCUT2D eigenvalue weighted by atomic mass is 16.4. The summed E-state index contributed by atoms with van der Waals surface area (Å²) in [6.45, 7) is 3.82. The molecule has 0 amide bonds. The first kappa shape index (κ1) is 11.5. The Morgan fingerprint density at radius 1 is 1.53 bits per heavy atom. The number of anilines is 1. The number of benzene rings is 1. The number of rotatable bonds is 4. The summed E-state index contributed by atoms with van der Waals surface area (Å²) in [5.41, 5.74) is 1.67. The van der Waals surface area contributed by atoms with Gasteiger partial charge in [-0.3, -0.25) is 0 Å². The summed E-state index contributed by atoms with van der Waals surface area (Å²) >= 11 is 0. The van der Waals surface area contributed by atoms with Gasteiger partial charge in [0.05, 0.1) is 11.7 Å². The first-order chi connectivity index (χ1) is 7.00. The van der Waals surface area contributed by atoms with Gasteiger partial charge in [-0.1, -0.05) is 11.6 Å². The van der Waals surface area contributed by atoms with E-state index in [9.17, 15) is 4.79 Å². The minimum atomic E-state index is -0.966. The fourth-order valence-corrected chi connectivity index (χ4v) is 1.25. The van der Waals surface area contributed by atoms with E-state index in [0.717, 1.165) is 5.56 Å². The second kappa shape index (κ2) is 4.79. The van der Waals surface area contributed by atoms with Crippen molar-refractivity contribution in [2.45, 2.75) is 20.0 Å². The van der Waals surface area contributed by atoms with Crippen LogP contribution in [0.5, 0.6) is 0 Å². The second-order valence-corrected chi connectivity index (χ2v) is 3.58. The molecule has 1 unspecified atom stereocenters. The topological polar surface area (TPSA) is 69.6 Å².